The summed E-state index contributed by atoms with van der Waals surface area (Å²) in [6.07, 6.45) is -0.256. The van der Waals surface area contributed by atoms with Crippen molar-refractivity contribution in [1.29, 1.82) is 0 Å². The second kappa shape index (κ2) is 19.4. The molecule has 2 heterocycles. The van der Waals surface area contributed by atoms with Gasteiger partial charge in [0.1, 0.15) is 12.2 Å². The summed E-state index contributed by atoms with van der Waals surface area (Å²) in [4.78, 5) is 26.4. The third-order valence-electron chi connectivity index (χ3n) is 13.5. The van der Waals surface area contributed by atoms with E-state index in [1.54, 1.807) is 24.3 Å². The average molecular weight is 891 g/mol. The fraction of sp³-hybridized carbons (Fsp3) is 0.448. The molecule has 350 valence electrons. The van der Waals surface area contributed by atoms with Crippen LogP contribution in [0.1, 0.15) is 152 Å². The molecule has 0 aliphatic carbocycles. The van der Waals surface area contributed by atoms with Crippen LogP contribution in [0.15, 0.2) is 121 Å². The standard InChI is InChI=1S/C58H74N4O4/c1-55(2,3)41-21-13-37(14-22-41)51(38-15-23-42(24-16-38)56(4,5)6)49-33-47(35-59-49)65-53(63)61-45-29-31-46(32-30-45)62-54(64)66-48-34-50(60-36-48)52(39-17-25-43(26-18-39)57(7,8)9)40-19-27-44(28-20-40)58(10,11)12/h13-32,47-52,59-60H,33-36H2,1-12H3,(H,61,63)(H,62,64)/t47-,48-,49-,50-/m1/s1. The van der Waals surface area contributed by atoms with Gasteiger partial charge in [0.25, 0.3) is 0 Å². The van der Waals surface area contributed by atoms with E-state index in [9.17, 15) is 9.59 Å². The van der Waals surface area contributed by atoms with E-state index in [-0.39, 0.29) is 57.8 Å². The molecule has 2 saturated heterocycles. The molecular weight excluding hydrogens is 817 g/mol. The van der Waals surface area contributed by atoms with E-state index < -0.39 is 12.2 Å². The molecule has 0 aromatic heterocycles. The lowest BCUT2D eigenvalue weighted by Crippen LogP contribution is -2.30. The normalized spacial score (nSPS) is 19.2. The van der Waals surface area contributed by atoms with Crippen LogP contribution in [0.5, 0.6) is 0 Å². The van der Waals surface area contributed by atoms with Crippen molar-refractivity contribution in [1.82, 2.24) is 10.6 Å². The zero-order valence-corrected chi connectivity index (χ0v) is 41.5. The van der Waals surface area contributed by atoms with Crippen LogP contribution in [0.25, 0.3) is 0 Å². The predicted octanol–water partition coefficient (Wildman–Crippen LogP) is 13.1. The SMILES string of the molecule is CC(C)(C)c1ccc(C(c2ccc(C(C)(C)C)cc2)[C@H]2C[C@@H](OC(=O)Nc3ccc(NC(=O)O[C@H]4CN[C@@H](C(c5ccc(C(C)(C)C)cc5)c5ccc(C(C)(C)C)cc5)C4)cc3)CN2)cc1. The maximum atomic E-state index is 13.2. The zero-order chi connectivity index (χ0) is 47.6. The molecule has 8 nitrogen and oxygen atoms in total. The first-order chi connectivity index (χ1) is 31.0. The molecule has 4 N–H and O–H groups in total. The number of hydrogen-bond donors (Lipinski definition) is 4. The Kier molecular flexibility index (Phi) is 14.3. The Morgan fingerprint density at radius 1 is 0.424 bits per heavy atom. The van der Waals surface area contributed by atoms with E-state index in [2.05, 4.69) is 201 Å². The van der Waals surface area contributed by atoms with Gasteiger partial charge < -0.3 is 20.1 Å². The molecule has 2 aliphatic heterocycles. The Morgan fingerprint density at radius 3 is 0.894 bits per heavy atom. The highest BCUT2D eigenvalue weighted by Crippen LogP contribution is 2.38. The molecule has 5 aromatic carbocycles. The van der Waals surface area contributed by atoms with E-state index in [0.29, 0.717) is 37.3 Å². The Hall–Kier alpha value is -5.44. The Balaban J connectivity index is 0.932. The number of amides is 2. The molecule has 0 unspecified atom stereocenters. The summed E-state index contributed by atoms with van der Waals surface area (Å²) in [5.74, 6) is 0.181. The highest BCUT2D eigenvalue weighted by molar-refractivity contribution is 5.87. The second-order valence-electron chi connectivity index (χ2n) is 22.8. The van der Waals surface area contributed by atoms with Gasteiger partial charge in [0.05, 0.1) is 0 Å². The van der Waals surface area contributed by atoms with E-state index in [1.807, 2.05) is 0 Å². The molecule has 4 atom stereocenters. The minimum absolute atomic E-state index is 0.0623. The number of benzene rings is 5. The van der Waals surface area contributed by atoms with Crippen molar-refractivity contribution in [2.45, 2.75) is 154 Å². The molecule has 5 aromatic rings. The summed E-state index contributed by atoms with van der Waals surface area (Å²) in [6, 6.07) is 43.1. The lowest BCUT2D eigenvalue weighted by atomic mass is 9.80. The lowest BCUT2D eigenvalue weighted by molar-refractivity contribution is 0.118. The van der Waals surface area contributed by atoms with Gasteiger partial charge in [0, 0.05) is 61.2 Å². The summed E-state index contributed by atoms with van der Waals surface area (Å²) in [5, 5.41) is 13.1. The molecule has 0 spiro atoms. The minimum atomic E-state index is -0.514. The third kappa shape index (κ3) is 12.1. The fourth-order valence-electron chi connectivity index (χ4n) is 9.46. The molecule has 7 rings (SSSR count). The summed E-state index contributed by atoms with van der Waals surface area (Å²) >= 11 is 0. The molecule has 0 bridgehead atoms. The number of rotatable bonds is 10. The first kappa shape index (κ1) is 48.5. The molecule has 66 heavy (non-hydrogen) atoms. The maximum Gasteiger partial charge on any atom is 0.411 e. The van der Waals surface area contributed by atoms with Gasteiger partial charge in [-0.3, -0.25) is 10.6 Å². The van der Waals surface area contributed by atoms with Crippen LogP contribution < -0.4 is 21.3 Å². The van der Waals surface area contributed by atoms with Gasteiger partial charge in [-0.2, -0.15) is 0 Å². The van der Waals surface area contributed by atoms with Gasteiger partial charge in [-0.25, -0.2) is 9.59 Å². The number of carbonyl (C=O) groups is 2. The largest absolute Gasteiger partial charge is 0.445 e. The number of carbonyl (C=O) groups excluding carboxylic acids is 2. The van der Waals surface area contributed by atoms with Crippen LogP contribution in [0.4, 0.5) is 21.0 Å². The number of anilines is 2. The Bertz CT molecular complexity index is 2110. The van der Waals surface area contributed by atoms with Gasteiger partial charge in [0.15, 0.2) is 0 Å². The third-order valence-corrected chi connectivity index (χ3v) is 13.5. The van der Waals surface area contributed by atoms with Crippen LogP contribution in [-0.4, -0.2) is 49.6 Å². The summed E-state index contributed by atoms with van der Waals surface area (Å²) < 4.78 is 11.9. The van der Waals surface area contributed by atoms with Crippen LogP contribution in [0, 0.1) is 0 Å². The monoisotopic (exact) mass is 891 g/mol. The number of nitrogens with one attached hydrogen (secondary N) is 4. The van der Waals surface area contributed by atoms with Crippen molar-refractivity contribution in [3.05, 3.63) is 166 Å². The van der Waals surface area contributed by atoms with Crippen molar-refractivity contribution in [2.24, 2.45) is 0 Å². The molecular formula is C58H74N4O4. The molecule has 2 amide bonds. The molecule has 8 heteroatoms. The average Bonchev–Trinajstić information content (AvgIpc) is 3.90. The first-order valence-corrected chi connectivity index (χ1v) is 24.0. The highest BCUT2D eigenvalue weighted by Gasteiger charge is 2.36. The quantitative estimate of drug-likeness (QED) is 0.111. The summed E-state index contributed by atoms with van der Waals surface area (Å²) in [5.41, 5.74) is 11.5. The van der Waals surface area contributed by atoms with Crippen molar-refractivity contribution in [3.63, 3.8) is 0 Å². The van der Waals surface area contributed by atoms with Crippen LogP contribution >= 0.6 is 0 Å². The van der Waals surface area contributed by atoms with Crippen molar-refractivity contribution in [3.8, 4) is 0 Å². The van der Waals surface area contributed by atoms with E-state index in [4.69, 9.17) is 9.47 Å². The van der Waals surface area contributed by atoms with Crippen molar-refractivity contribution >= 4 is 23.6 Å². The summed E-state index contributed by atoms with van der Waals surface area (Å²) in [6.45, 7) is 27.9. The smallest absolute Gasteiger partial charge is 0.411 e. The lowest BCUT2D eigenvalue weighted by Gasteiger charge is -2.27. The maximum absolute atomic E-state index is 13.2. The van der Waals surface area contributed by atoms with Gasteiger partial charge in [-0.1, -0.05) is 180 Å². The highest BCUT2D eigenvalue weighted by atomic mass is 16.6. The van der Waals surface area contributed by atoms with Crippen molar-refractivity contribution < 1.29 is 19.1 Å². The molecule has 0 saturated carbocycles. The number of hydrogen-bond acceptors (Lipinski definition) is 6. The van der Waals surface area contributed by atoms with Crippen LogP contribution in [0.2, 0.25) is 0 Å². The fourth-order valence-corrected chi connectivity index (χ4v) is 9.46. The first-order valence-electron chi connectivity index (χ1n) is 24.0. The van der Waals surface area contributed by atoms with E-state index in [1.165, 1.54) is 44.5 Å². The molecule has 2 fully saturated rings. The topological polar surface area (TPSA) is 101 Å². The molecule has 2 aliphatic rings. The van der Waals surface area contributed by atoms with Crippen molar-refractivity contribution in [2.75, 3.05) is 23.7 Å². The second-order valence-corrected chi connectivity index (χ2v) is 22.8. The Morgan fingerprint density at radius 2 is 0.667 bits per heavy atom. The van der Waals surface area contributed by atoms with Gasteiger partial charge >= 0.3 is 12.2 Å². The van der Waals surface area contributed by atoms with Crippen LogP contribution in [0.3, 0.4) is 0 Å². The number of ether oxygens (including phenoxy) is 2. The zero-order valence-electron chi connectivity index (χ0n) is 41.5. The van der Waals surface area contributed by atoms with Gasteiger partial charge in [-0.05, 0) is 90.4 Å². The van der Waals surface area contributed by atoms with Gasteiger partial charge in [0.2, 0.25) is 0 Å². The minimum Gasteiger partial charge on any atom is -0.445 e. The summed E-state index contributed by atoms with van der Waals surface area (Å²) in [7, 11) is 0. The van der Waals surface area contributed by atoms with E-state index in [0.717, 1.165) is 0 Å². The van der Waals surface area contributed by atoms with Gasteiger partial charge in [-0.15, -0.1) is 0 Å². The predicted molar refractivity (Wildman–Crippen MR) is 271 cm³/mol. The Labute approximate surface area is 395 Å². The van der Waals surface area contributed by atoms with E-state index >= 15 is 0 Å². The van der Waals surface area contributed by atoms with Crippen LogP contribution in [-0.2, 0) is 31.1 Å². The molecule has 0 radical (unpaired) electrons.